The van der Waals surface area contributed by atoms with Crippen LogP contribution in [0.15, 0.2) is 0 Å². The van der Waals surface area contributed by atoms with E-state index in [2.05, 4.69) is 20.8 Å². The molecule has 11 heavy (non-hydrogen) atoms. The lowest BCUT2D eigenvalue weighted by molar-refractivity contribution is 0.399. The molecular formula is C10H25O. The van der Waals surface area contributed by atoms with Crippen LogP contribution in [0, 0.1) is 6.92 Å². The third-order valence-electron chi connectivity index (χ3n) is 1.21. The maximum absolute atomic E-state index is 7.00. The fourth-order valence-electron chi connectivity index (χ4n) is 0.677. The van der Waals surface area contributed by atoms with Crippen molar-refractivity contribution >= 4 is 0 Å². The molecule has 1 nitrogen and oxygen atoms in total. The highest BCUT2D eigenvalue weighted by molar-refractivity contribution is 4.35. The SMILES string of the molecule is CCCCCCC.CO.[CH2]C. The Balaban J connectivity index is -0.000000138. The topological polar surface area (TPSA) is 20.2 Å². The summed E-state index contributed by atoms with van der Waals surface area (Å²) in [6, 6.07) is 0. The van der Waals surface area contributed by atoms with Crippen LogP contribution < -0.4 is 0 Å². The average Bonchev–Trinajstić information content (AvgIpc) is 2.13. The minimum absolute atomic E-state index is 1.00. The van der Waals surface area contributed by atoms with Crippen molar-refractivity contribution in [1.82, 2.24) is 0 Å². The van der Waals surface area contributed by atoms with Gasteiger partial charge >= 0.3 is 0 Å². The zero-order chi connectivity index (χ0) is 9.54. The highest BCUT2D eigenvalue weighted by Gasteiger charge is 1.80. The van der Waals surface area contributed by atoms with Crippen LogP contribution in [0.25, 0.3) is 0 Å². The molecule has 0 unspecified atom stereocenters. The molecule has 71 valence electrons. The molecule has 0 aromatic heterocycles. The molecule has 0 saturated heterocycles. The monoisotopic (exact) mass is 161 g/mol. The van der Waals surface area contributed by atoms with Gasteiger partial charge in [0.25, 0.3) is 0 Å². The zero-order valence-electron chi connectivity index (χ0n) is 8.69. The number of unbranched alkanes of at least 4 members (excludes halogenated alkanes) is 4. The minimum Gasteiger partial charge on any atom is -0.400 e. The summed E-state index contributed by atoms with van der Waals surface area (Å²) < 4.78 is 0. The van der Waals surface area contributed by atoms with E-state index < -0.39 is 0 Å². The Morgan fingerprint density at radius 3 is 1.27 bits per heavy atom. The lowest BCUT2D eigenvalue weighted by atomic mass is 10.2. The number of aliphatic hydroxyl groups is 1. The minimum atomic E-state index is 1.00. The lowest BCUT2D eigenvalue weighted by Gasteiger charge is -1.90. The zero-order valence-corrected chi connectivity index (χ0v) is 8.69. The predicted molar refractivity (Wildman–Crippen MR) is 53.6 cm³/mol. The first-order chi connectivity index (χ1) is 5.41. The molecule has 0 aliphatic rings. The van der Waals surface area contributed by atoms with E-state index in [0.29, 0.717) is 0 Å². The van der Waals surface area contributed by atoms with Crippen LogP contribution >= 0.6 is 0 Å². The Morgan fingerprint density at radius 1 is 0.818 bits per heavy atom. The third kappa shape index (κ3) is 40.2. The molecule has 0 atom stereocenters. The molecule has 0 spiro atoms. The molecule has 0 bridgehead atoms. The first-order valence-corrected chi connectivity index (χ1v) is 4.57. The summed E-state index contributed by atoms with van der Waals surface area (Å²) in [5.74, 6) is 0. The van der Waals surface area contributed by atoms with Crippen LogP contribution in [0.2, 0.25) is 0 Å². The second kappa shape index (κ2) is 32.5. The van der Waals surface area contributed by atoms with E-state index in [1.165, 1.54) is 32.1 Å². The van der Waals surface area contributed by atoms with Crippen LogP contribution in [-0.2, 0) is 0 Å². The van der Waals surface area contributed by atoms with E-state index in [0.717, 1.165) is 7.11 Å². The van der Waals surface area contributed by atoms with Crippen molar-refractivity contribution in [2.45, 2.75) is 52.9 Å². The summed E-state index contributed by atoms with van der Waals surface area (Å²) >= 11 is 0. The smallest absolute Gasteiger partial charge is 0.0319 e. The average molecular weight is 161 g/mol. The van der Waals surface area contributed by atoms with Gasteiger partial charge in [0.1, 0.15) is 0 Å². The largest absolute Gasteiger partial charge is 0.400 e. The third-order valence-corrected chi connectivity index (χ3v) is 1.21. The Labute approximate surface area is 72.8 Å². The van der Waals surface area contributed by atoms with Crippen LogP contribution in [-0.4, -0.2) is 12.2 Å². The van der Waals surface area contributed by atoms with Gasteiger partial charge in [-0.2, -0.15) is 0 Å². The van der Waals surface area contributed by atoms with Crippen molar-refractivity contribution in [3.63, 3.8) is 0 Å². The van der Waals surface area contributed by atoms with Crippen molar-refractivity contribution < 1.29 is 5.11 Å². The Bertz CT molecular complexity index is 24.1. The molecule has 0 aromatic carbocycles. The molecule has 1 heteroatoms. The van der Waals surface area contributed by atoms with Crippen molar-refractivity contribution in [3.8, 4) is 0 Å². The fourth-order valence-corrected chi connectivity index (χ4v) is 0.677. The first kappa shape index (κ1) is 17.2. The van der Waals surface area contributed by atoms with Crippen LogP contribution in [0.4, 0.5) is 0 Å². The van der Waals surface area contributed by atoms with Gasteiger partial charge in [0.05, 0.1) is 0 Å². The highest BCUT2D eigenvalue weighted by atomic mass is 16.2. The molecule has 0 heterocycles. The van der Waals surface area contributed by atoms with E-state index in [1.54, 1.807) is 6.92 Å². The van der Waals surface area contributed by atoms with Crippen molar-refractivity contribution in [3.05, 3.63) is 6.92 Å². The van der Waals surface area contributed by atoms with Gasteiger partial charge < -0.3 is 5.11 Å². The Kier molecular flexibility index (Phi) is 50.7. The van der Waals surface area contributed by atoms with Gasteiger partial charge in [0.15, 0.2) is 0 Å². The van der Waals surface area contributed by atoms with Gasteiger partial charge in [-0.1, -0.05) is 59.8 Å². The predicted octanol–water partition coefficient (Wildman–Crippen LogP) is 3.43. The molecule has 1 N–H and O–H groups in total. The van der Waals surface area contributed by atoms with Crippen molar-refractivity contribution in [2.75, 3.05) is 7.11 Å². The number of hydrogen-bond donors (Lipinski definition) is 1. The standard InChI is InChI=1S/C7H16.C2H5.CH4O/c1-3-5-7-6-4-2;2*1-2/h3-7H2,1-2H3;1H2,2H3;2H,1H3. The Morgan fingerprint density at radius 2 is 1.09 bits per heavy atom. The van der Waals surface area contributed by atoms with E-state index in [1.807, 2.05) is 0 Å². The summed E-state index contributed by atoms with van der Waals surface area (Å²) in [6.45, 7) is 9.49. The molecule has 0 aromatic rings. The van der Waals surface area contributed by atoms with Crippen molar-refractivity contribution in [1.29, 1.82) is 0 Å². The van der Waals surface area contributed by atoms with E-state index >= 15 is 0 Å². The number of hydrogen-bond acceptors (Lipinski definition) is 1. The normalized spacial score (nSPS) is 7.09. The van der Waals surface area contributed by atoms with Gasteiger partial charge in [-0.05, 0) is 0 Å². The summed E-state index contributed by atoms with van der Waals surface area (Å²) in [5, 5.41) is 7.00. The van der Waals surface area contributed by atoms with Crippen molar-refractivity contribution in [2.24, 2.45) is 0 Å². The molecule has 0 amide bonds. The van der Waals surface area contributed by atoms with Gasteiger partial charge in [-0.15, -0.1) is 0 Å². The Hall–Kier alpha value is -0.0400. The van der Waals surface area contributed by atoms with E-state index in [4.69, 9.17) is 5.11 Å². The quantitative estimate of drug-likeness (QED) is 0.626. The molecule has 0 saturated carbocycles. The summed E-state index contributed by atoms with van der Waals surface area (Å²) in [6.07, 6.45) is 7.01. The number of aliphatic hydroxyl groups excluding tert-OH is 1. The lowest BCUT2D eigenvalue weighted by Crippen LogP contribution is -1.70. The van der Waals surface area contributed by atoms with Crippen LogP contribution in [0.3, 0.4) is 0 Å². The second-order valence-electron chi connectivity index (χ2n) is 2.06. The fraction of sp³-hybridized carbons (Fsp3) is 0.900. The van der Waals surface area contributed by atoms with Gasteiger partial charge in [-0.25, -0.2) is 0 Å². The summed E-state index contributed by atoms with van der Waals surface area (Å²) in [5.41, 5.74) is 0. The first-order valence-electron chi connectivity index (χ1n) is 4.57. The van der Waals surface area contributed by atoms with Crippen LogP contribution in [0.5, 0.6) is 0 Å². The molecule has 0 aliphatic carbocycles. The van der Waals surface area contributed by atoms with Crippen LogP contribution in [0.1, 0.15) is 52.9 Å². The van der Waals surface area contributed by atoms with Gasteiger partial charge in [0, 0.05) is 7.11 Å². The molecule has 0 aliphatic heterocycles. The summed E-state index contributed by atoms with van der Waals surface area (Å²) in [7, 11) is 1.00. The number of rotatable bonds is 4. The maximum Gasteiger partial charge on any atom is 0.0319 e. The van der Waals surface area contributed by atoms with E-state index in [9.17, 15) is 0 Å². The van der Waals surface area contributed by atoms with E-state index in [-0.39, 0.29) is 0 Å². The van der Waals surface area contributed by atoms with Gasteiger partial charge in [0.2, 0.25) is 0 Å². The highest BCUT2D eigenvalue weighted by Crippen LogP contribution is 2.00. The summed E-state index contributed by atoms with van der Waals surface area (Å²) in [4.78, 5) is 0. The second-order valence-corrected chi connectivity index (χ2v) is 2.06. The van der Waals surface area contributed by atoms with Gasteiger partial charge in [-0.3, -0.25) is 0 Å². The molecule has 0 fully saturated rings. The molecular weight excluding hydrogens is 136 g/mol. The molecule has 1 radical (unpaired) electrons. The maximum atomic E-state index is 7.00. The molecule has 0 rings (SSSR count).